The van der Waals surface area contributed by atoms with E-state index in [-0.39, 0.29) is 0 Å². The molecular formula is HI49. The van der Waals surface area contributed by atoms with E-state index >= 15 is 0 Å². The van der Waals surface area contributed by atoms with Crippen molar-refractivity contribution in [2.45, 2.75) is 0 Å². The van der Waals surface area contributed by atoms with Gasteiger partial charge >= 0.3 is 661 Å². The zero-order chi connectivity index (χ0) is 39.9. The average molecular weight is 6220 g/mol. The third-order valence-corrected chi connectivity index (χ3v) is 3720. The van der Waals surface area contributed by atoms with E-state index in [4.69, 9.17) is 0.594 Å². The molecule has 0 heterocycles. The quantitative estimate of drug-likeness (QED) is 0.0895. The minimum atomic E-state index is -1.23. The van der Waals surface area contributed by atoms with Crippen molar-refractivity contribution >= 4 is 660 Å². The first-order valence-electron chi connectivity index (χ1n) is 7.24. The summed E-state index contributed by atoms with van der Waals surface area (Å²) in [5.41, 5.74) is 0. The van der Waals surface area contributed by atoms with Gasteiger partial charge in [0.15, 0.2) is 0 Å². The van der Waals surface area contributed by atoms with Crippen LogP contribution in [0.15, 0.2) is 0 Å². The third kappa shape index (κ3) is 35.4. The second kappa shape index (κ2) is 51.3. The molecule has 0 aromatic heterocycles. The Labute approximate surface area is 621 Å². The molecule has 0 aromatic carbocycles. The van der Waals surface area contributed by atoms with Gasteiger partial charge in [0.05, 0.1) is 0 Å². The number of hydrogen-bond acceptors (Lipinski definition) is 0. The van der Waals surface area contributed by atoms with E-state index in [2.05, 4.69) is 465 Å². The van der Waals surface area contributed by atoms with Crippen LogP contribution in [-0.4, -0.2) is 0.594 Å². The molecule has 0 aliphatic heterocycles. The van der Waals surface area contributed by atoms with Gasteiger partial charge in [-0.25, -0.2) is 0 Å². The Morgan fingerprint density at radius 1 is 0.224 bits per heavy atom. The van der Waals surface area contributed by atoms with E-state index in [0.29, 0.717) is 0 Å². The first-order valence-corrected chi connectivity index (χ1v) is 309. The van der Waals surface area contributed by atoms with E-state index in [1.54, 1.807) is 0 Å². The Morgan fingerprint density at radius 2 is 0.347 bits per heavy atom. The topological polar surface area (TPSA) is 0 Å². The fourth-order valence-corrected chi connectivity index (χ4v) is 9010. The van der Waals surface area contributed by atoms with Crippen molar-refractivity contribution in [1.82, 2.24) is 0 Å². The maximum absolute atomic E-state index is 8.63. The standard InChI is InChI=1S/HI49/c1-26-28(4)30(6)32(8)34(10)36(12)38(14)40(16)42(18)44(20)46(22)48(24)49(25)47(23)45(21)43(19)41(17)39(15)37(13)35(11)33(9)31(7)29(5)27(2)3/h26H/i26D. The second-order valence-corrected chi connectivity index (χ2v) is 1140. The van der Waals surface area contributed by atoms with Gasteiger partial charge < -0.3 is 0 Å². The Bertz CT molecular complexity index is 820. The molecule has 49 heteroatoms. The summed E-state index contributed by atoms with van der Waals surface area (Å²) < 4.78 is 8.63. The molecule has 0 aliphatic rings. The van der Waals surface area contributed by atoms with Crippen molar-refractivity contribution in [3.8, 4) is 0 Å². The van der Waals surface area contributed by atoms with Gasteiger partial charge in [0.2, 0.25) is 0 Å². The molecule has 0 N–H and O–H groups in total. The summed E-state index contributed by atoms with van der Waals surface area (Å²) in [6.45, 7) is 0. The van der Waals surface area contributed by atoms with E-state index in [1.807, 2.05) is 0 Å². The zero-order valence-electron chi connectivity index (χ0n) is 19.5. The van der Waals surface area contributed by atoms with Gasteiger partial charge in [-0.2, -0.15) is 0 Å². The molecule has 0 saturated heterocycles. The molecule has 0 atom stereocenters. The van der Waals surface area contributed by atoms with Crippen molar-refractivity contribution in [3.05, 3.63) is 0 Å². The normalized spacial score (nSPS) is 19.2. The van der Waals surface area contributed by atoms with Crippen LogP contribution in [0, 0.1) is 0 Å². The van der Waals surface area contributed by atoms with Gasteiger partial charge in [-0.15, -0.1) is 0 Å². The van der Waals surface area contributed by atoms with Crippen LogP contribution < -0.4 is 0 Å². The van der Waals surface area contributed by atoms with Crippen LogP contribution >= 0.6 is 660 Å². The van der Waals surface area contributed by atoms with Gasteiger partial charge in [-0.3, -0.25) is 0 Å². The molecule has 0 radical (unpaired) electrons. The molecule has 0 rings (SSSR count). The van der Waals surface area contributed by atoms with Crippen LogP contribution in [0.5, 0.6) is 0 Å². The first-order chi connectivity index (χ1) is 22.7. The molecule has 0 nitrogen and oxygen atoms in total. The summed E-state index contributed by atoms with van der Waals surface area (Å²) in [6, 6.07) is 0. The monoisotopic (exact) mass is 6220 g/mol. The molecular weight excluding hydrogens is 6220 g/mol. The Hall–Kier alpha value is 35.8. The summed E-state index contributed by atoms with van der Waals surface area (Å²) in [7, 11) is -13.3. The van der Waals surface area contributed by atoms with Gasteiger partial charge in [0.1, 0.15) is 0 Å². The SMILES string of the molecule is [2H]I(I)I(I)I(I)I(I)I(I)I(I)I(I)I(I)I(I)I(I)I(I)I(I)I(I)I(I)I(I)I(I)I(I)I(I)I(I)I(I)I(I)I(I)I(I)I(I)I. The fraction of sp³-hybridized carbons (Fsp3) is 0. The number of rotatable bonds is 23. The maximum atomic E-state index is 8.63. The van der Waals surface area contributed by atoms with Crippen molar-refractivity contribution in [1.29, 1.82) is 0.594 Å². The molecule has 0 amide bonds. The summed E-state index contributed by atoms with van der Waals surface area (Å²) in [4.78, 5) is 0. The molecule has 0 bridgehead atoms. The van der Waals surface area contributed by atoms with E-state index in [9.17, 15) is 0 Å². The number of hydrogen-bond donors (Lipinski definition) is 0. The molecule has 49 heavy (non-hydrogen) atoms. The summed E-state index contributed by atoms with van der Waals surface area (Å²) in [5, 5.41) is 0. The van der Waals surface area contributed by atoms with Crippen LogP contribution in [0.25, 0.3) is 0 Å². The van der Waals surface area contributed by atoms with E-state index in [0.717, 1.165) is 0 Å². The molecule has 0 unspecified atom stereocenters. The van der Waals surface area contributed by atoms with Crippen molar-refractivity contribution in [2.24, 2.45) is 0 Å². The Balaban J connectivity index is 5.56. The van der Waals surface area contributed by atoms with Gasteiger partial charge in [0.25, 0.3) is 0 Å². The fourth-order valence-electron chi connectivity index (χ4n) is 0.663. The zero-order valence-corrected chi connectivity index (χ0v) is 124. The third-order valence-electron chi connectivity index (χ3n) is 1.84. The van der Waals surface area contributed by atoms with Crippen LogP contribution in [0.3, 0.4) is 0 Å². The van der Waals surface area contributed by atoms with Gasteiger partial charge in [-0.05, 0) is 0 Å². The van der Waals surface area contributed by atoms with E-state index < -0.39 is 195 Å². The van der Waals surface area contributed by atoms with Crippen LogP contribution in [-0.2, 0) is 0 Å². The second-order valence-electron chi connectivity index (χ2n) is 3.78. The van der Waals surface area contributed by atoms with Crippen molar-refractivity contribution in [3.63, 3.8) is 0 Å². The predicted molar refractivity (Wildman–Crippen MR) is 688 cm³/mol. The molecule has 0 saturated carbocycles. The molecule has 0 aliphatic carbocycles. The minimum absolute atomic E-state index is 0.469. The van der Waals surface area contributed by atoms with Crippen LogP contribution in [0.1, 0.15) is 0 Å². The molecule has 0 fully saturated rings. The van der Waals surface area contributed by atoms with Gasteiger partial charge in [-0.1, -0.05) is 0 Å². The number of halogens is 49. The average Bonchev–Trinajstić information content (AvgIpc) is 3.10. The Morgan fingerprint density at radius 3 is 0.469 bits per heavy atom. The Kier molecular flexibility index (Phi) is 86.7. The summed E-state index contributed by atoms with van der Waals surface area (Å²) in [6.07, 6.45) is 0. The van der Waals surface area contributed by atoms with Crippen LogP contribution in [0.2, 0.25) is 0 Å². The van der Waals surface area contributed by atoms with Crippen molar-refractivity contribution < 1.29 is 0 Å². The molecule has 344 valence electrons. The first kappa shape index (κ1) is 82.8. The van der Waals surface area contributed by atoms with Crippen molar-refractivity contribution in [2.75, 3.05) is 0 Å². The van der Waals surface area contributed by atoms with E-state index in [1.165, 1.54) is 0 Å². The predicted octanol–water partition coefficient (Wildman–Crippen LogP) is 43.1. The van der Waals surface area contributed by atoms with Gasteiger partial charge in [0, 0.05) is 0 Å². The molecule has 0 spiro atoms. The summed E-state index contributed by atoms with van der Waals surface area (Å²) in [5.74, 6) is 0. The van der Waals surface area contributed by atoms with Crippen LogP contribution in [0.4, 0.5) is 0 Å². The summed E-state index contributed by atoms with van der Waals surface area (Å²) >= 11 is 79.7. The molecule has 0 aromatic rings.